The van der Waals surface area contributed by atoms with Gasteiger partial charge in [-0.25, -0.2) is 4.98 Å². The maximum absolute atomic E-state index is 12.7. The summed E-state index contributed by atoms with van der Waals surface area (Å²) >= 11 is 0. The van der Waals surface area contributed by atoms with Crippen LogP contribution < -0.4 is 11.1 Å². The summed E-state index contributed by atoms with van der Waals surface area (Å²) in [6.45, 7) is 1.43. The number of fused-ring (bicyclic) bond motifs is 2. The van der Waals surface area contributed by atoms with E-state index in [9.17, 15) is 18.0 Å². The number of rotatable bonds is 2. The second-order valence-corrected chi connectivity index (χ2v) is 7.01. The molecule has 0 aliphatic heterocycles. The minimum absolute atomic E-state index is 0.0627. The number of aromatic nitrogens is 1. The maximum Gasteiger partial charge on any atom is 0.433 e. The molecular formula is C17H22F3N3O. The first-order chi connectivity index (χ1) is 11.3. The molecule has 3 N–H and O–H groups in total. The number of nitrogens with zero attached hydrogens (tertiary/aromatic N) is 1. The van der Waals surface area contributed by atoms with Gasteiger partial charge >= 0.3 is 6.18 Å². The summed E-state index contributed by atoms with van der Waals surface area (Å²) in [7, 11) is 0. The van der Waals surface area contributed by atoms with Gasteiger partial charge in [-0.1, -0.05) is 6.42 Å². The Hall–Kier alpha value is -1.63. The fourth-order valence-electron chi connectivity index (χ4n) is 4.21. The van der Waals surface area contributed by atoms with Crippen LogP contribution in [0.25, 0.3) is 0 Å². The number of alkyl halides is 3. The summed E-state index contributed by atoms with van der Waals surface area (Å²) < 4.78 is 38.1. The topological polar surface area (TPSA) is 68.0 Å². The Bertz CT molecular complexity index is 618. The van der Waals surface area contributed by atoms with Crippen LogP contribution >= 0.6 is 0 Å². The lowest BCUT2D eigenvalue weighted by Crippen LogP contribution is -2.53. The zero-order chi connectivity index (χ0) is 17.5. The van der Waals surface area contributed by atoms with Crippen molar-refractivity contribution in [2.24, 2.45) is 17.6 Å². The molecule has 3 rings (SSSR count). The number of hydrogen-bond acceptors (Lipinski definition) is 3. The van der Waals surface area contributed by atoms with Crippen molar-refractivity contribution in [3.05, 3.63) is 29.1 Å². The number of nitrogens with two attached hydrogens (primary N) is 1. The van der Waals surface area contributed by atoms with E-state index in [-0.39, 0.29) is 29.2 Å². The zero-order valence-electron chi connectivity index (χ0n) is 13.6. The summed E-state index contributed by atoms with van der Waals surface area (Å²) in [6, 6.07) is 2.32. The van der Waals surface area contributed by atoms with Crippen LogP contribution in [0.15, 0.2) is 12.1 Å². The monoisotopic (exact) mass is 341 g/mol. The van der Waals surface area contributed by atoms with E-state index in [2.05, 4.69) is 10.3 Å². The highest BCUT2D eigenvalue weighted by Gasteiger charge is 2.40. The smallest absolute Gasteiger partial charge is 0.349 e. The molecule has 132 valence electrons. The van der Waals surface area contributed by atoms with Gasteiger partial charge in [0.05, 0.1) is 11.3 Å². The second kappa shape index (κ2) is 6.35. The van der Waals surface area contributed by atoms with Gasteiger partial charge in [0.1, 0.15) is 5.69 Å². The number of pyridine rings is 1. The van der Waals surface area contributed by atoms with Crippen molar-refractivity contribution in [3.63, 3.8) is 0 Å². The van der Waals surface area contributed by atoms with E-state index >= 15 is 0 Å². The van der Waals surface area contributed by atoms with Crippen molar-refractivity contribution in [2.45, 2.75) is 57.3 Å². The first kappa shape index (κ1) is 17.2. The van der Waals surface area contributed by atoms with Crippen molar-refractivity contribution in [3.8, 4) is 0 Å². The molecule has 2 unspecified atom stereocenters. The molecule has 7 heteroatoms. The molecule has 1 amide bonds. The Kier molecular flexibility index (Phi) is 4.55. The minimum Gasteiger partial charge on any atom is -0.349 e. The predicted octanol–water partition coefficient (Wildman–Crippen LogP) is 3.04. The third-order valence-corrected chi connectivity index (χ3v) is 5.30. The quantitative estimate of drug-likeness (QED) is 0.869. The highest BCUT2D eigenvalue weighted by atomic mass is 19.4. The number of carbonyl (C=O) groups is 1. The van der Waals surface area contributed by atoms with Crippen LogP contribution in [0.5, 0.6) is 0 Å². The van der Waals surface area contributed by atoms with Gasteiger partial charge in [0.2, 0.25) is 0 Å². The summed E-state index contributed by atoms with van der Waals surface area (Å²) in [5.74, 6) is 0.379. The van der Waals surface area contributed by atoms with Crippen LogP contribution in [0.1, 0.15) is 53.8 Å². The van der Waals surface area contributed by atoms with Gasteiger partial charge < -0.3 is 11.1 Å². The molecular weight excluding hydrogens is 319 g/mol. The molecule has 1 aromatic heterocycles. The van der Waals surface area contributed by atoms with Crippen LogP contribution in [0, 0.1) is 18.8 Å². The van der Waals surface area contributed by atoms with Gasteiger partial charge in [0.15, 0.2) is 0 Å². The predicted molar refractivity (Wildman–Crippen MR) is 83.3 cm³/mol. The molecule has 0 spiro atoms. The minimum atomic E-state index is -4.50. The molecule has 0 saturated heterocycles. The number of nitrogens with one attached hydrogen (secondary N) is 1. The molecule has 2 aliphatic carbocycles. The molecule has 2 bridgehead atoms. The van der Waals surface area contributed by atoms with Gasteiger partial charge in [-0.2, -0.15) is 13.2 Å². The average molecular weight is 341 g/mol. The molecule has 2 fully saturated rings. The van der Waals surface area contributed by atoms with E-state index in [1.165, 1.54) is 13.0 Å². The first-order valence-corrected chi connectivity index (χ1v) is 8.37. The Morgan fingerprint density at radius 3 is 2.42 bits per heavy atom. The average Bonchev–Trinajstić information content (AvgIpc) is 2.47. The van der Waals surface area contributed by atoms with Gasteiger partial charge in [0.25, 0.3) is 5.91 Å². The van der Waals surface area contributed by atoms with E-state index in [1.54, 1.807) is 0 Å². The van der Waals surface area contributed by atoms with Crippen LogP contribution in [0.4, 0.5) is 13.2 Å². The molecule has 4 nitrogen and oxygen atoms in total. The Morgan fingerprint density at radius 2 is 1.88 bits per heavy atom. The summed E-state index contributed by atoms with van der Waals surface area (Å²) in [6.07, 6.45) is 0.516. The molecule has 1 aromatic rings. The van der Waals surface area contributed by atoms with E-state index in [0.717, 1.165) is 38.2 Å². The molecule has 2 aliphatic rings. The van der Waals surface area contributed by atoms with Gasteiger partial charge in [-0.15, -0.1) is 0 Å². The van der Waals surface area contributed by atoms with Crippen LogP contribution in [0.3, 0.4) is 0 Å². The number of aryl methyl sites for hydroxylation is 1. The fraction of sp³-hybridized carbons (Fsp3) is 0.647. The highest BCUT2D eigenvalue weighted by molar-refractivity contribution is 5.95. The highest BCUT2D eigenvalue weighted by Crippen LogP contribution is 2.39. The SMILES string of the molecule is Cc1nc(C(F)(F)F)ccc1C(=O)NC1C2CCCC1CC(N)C2. The van der Waals surface area contributed by atoms with Gasteiger partial charge in [-0.3, -0.25) is 4.79 Å². The summed E-state index contributed by atoms with van der Waals surface area (Å²) in [4.78, 5) is 16.1. The van der Waals surface area contributed by atoms with E-state index in [0.29, 0.717) is 11.8 Å². The lowest BCUT2D eigenvalue weighted by Gasteiger charge is -2.45. The van der Waals surface area contributed by atoms with Crippen molar-refractivity contribution < 1.29 is 18.0 Å². The normalized spacial score (nSPS) is 30.0. The molecule has 1 heterocycles. The lowest BCUT2D eigenvalue weighted by atomic mass is 9.67. The first-order valence-electron chi connectivity index (χ1n) is 8.37. The Labute approximate surface area is 139 Å². The van der Waals surface area contributed by atoms with Crippen molar-refractivity contribution in [2.75, 3.05) is 0 Å². The number of carbonyl (C=O) groups excluding carboxylic acids is 1. The van der Waals surface area contributed by atoms with Gasteiger partial charge in [-0.05, 0) is 56.6 Å². The molecule has 2 saturated carbocycles. The standard InChI is InChI=1S/C17H22F3N3O/c1-9-13(5-6-14(22-9)17(18,19)20)16(24)23-15-10-3-2-4-11(15)8-12(21)7-10/h5-6,10-12,15H,2-4,7-8,21H2,1H3,(H,23,24). The van der Waals surface area contributed by atoms with E-state index < -0.39 is 11.9 Å². The maximum atomic E-state index is 12.7. The molecule has 2 atom stereocenters. The van der Waals surface area contributed by atoms with Gasteiger partial charge in [0, 0.05) is 12.1 Å². The van der Waals surface area contributed by atoms with E-state index in [4.69, 9.17) is 5.73 Å². The van der Waals surface area contributed by atoms with Crippen LogP contribution in [0.2, 0.25) is 0 Å². The van der Waals surface area contributed by atoms with E-state index in [1.807, 2.05) is 0 Å². The molecule has 0 aromatic carbocycles. The van der Waals surface area contributed by atoms with Crippen molar-refractivity contribution in [1.29, 1.82) is 0 Å². The number of hydrogen-bond donors (Lipinski definition) is 2. The fourth-order valence-corrected chi connectivity index (χ4v) is 4.21. The molecule has 0 radical (unpaired) electrons. The summed E-state index contributed by atoms with van der Waals surface area (Å²) in [5.41, 5.74) is 5.41. The lowest BCUT2D eigenvalue weighted by molar-refractivity contribution is -0.141. The van der Waals surface area contributed by atoms with Crippen molar-refractivity contribution in [1.82, 2.24) is 10.3 Å². The second-order valence-electron chi connectivity index (χ2n) is 7.01. The third-order valence-electron chi connectivity index (χ3n) is 5.30. The van der Waals surface area contributed by atoms with Crippen molar-refractivity contribution >= 4 is 5.91 Å². The number of halogens is 3. The largest absolute Gasteiger partial charge is 0.433 e. The van der Waals surface area contributed by atoms with Crippen LogP contribution in [-0.2, 0) is 6.18 Å². The zero-order valence-corrected chi connectivity index (χ0v) is 13.6. The third kappa shape index (κ3) is 3.41. The Morgan fingerprint density at radius 1 is 1.25 bits per heavy atom. The van der Waals surface area contributed by atoms with Crippen LogP contribution in [-0.4, -0.2) is 23.0 Å². The summed E-state index contributed by atoms with van der Waals surface area (Å²) in [5, 5.41) is 3.04. The number of amides is 1. The Balaban J connectivity index is 1.75. The molecule has 24 heavy (non-hydrogen) atoms.